The molecule has 2 aromatic rings. The van der Waals surface area contributed by atoms with Crippen molar-refractivity contribution >= 4 is 16.0 Å². The molecule has 0 bridgehead atoms. The van der Waals surface area contributed by atoms with Crippen molar-refractivity contribution in [1.29, 1.82) is 0 Å². The van der Waals surface area contributed by atoms with E-state index in [1.54, 1.807) is 12.1 Å². The number of sulfonamides is 1. The maximum absolute atomic E-state index is 11.9. The molecule has 2 rings (SSSR count). The smallest absolute Gasteiger partial charge is 0.338 e. The molecule has 0 saturated heterocycles. The van der Waals surface area contributed by atoms with Crippen molar-refractivity contribution in [2.24, 2.45) is 0 Å². The van der Waals surface area contributed by atoms with E-state index < -0.39 is 16.0 Å². The fourth-order valence-corrected chi connectivity index (χ4v) is 2.53. The molecule has 0 saturated carbocycles. The zero-order valence-corrected chi connectivity index (χ0v) is 13.5. The summed E-state index contributed by atoms with van der Waals surface area (Å²) in [5.41, 5.74) is 1.01. The van der Waals surface area contributed by atoms with Gasteiger partial charge in [0.1, 0.15) is 12.4 Å². The van der Waals surface area contributed by atoms with Gasteiger partial charge in [0, 0.05) is 14.1 Å². The monoisotopic (exact) mass is 339 g/mol. The number of carbonyl (C=O) groups is 1. The van der Waals surface area contributed by atoms with Gasteiger partial charge >= 0.3 is 5.97 Å². The summed E-state index contributed by atoms with van der Waals surface area (Å²) in [5.74, 6) is -0.339. The molecule has 0 aliphatic rings. The van der Waals surface area contributed by atoms with Crippen molar-refractivity contribution in [3.05, 3.63) is 53.3 Å². The molecule has 1 aromatic heterocycles. The van der Waals surface area contributed by atoms with Gasteiger partial charge < -0.3 is 14.3 Å². The van der Waals surface area contributed by atoms with Crippen molar-refractivity contribution in [3.63, 3.8) is 0 Å². The first-order valence-corrected chi connectivity index (χ1v) is 8.17. The lowest BCUT2D eigenvalue weighted by atomic mass is 10.1. The molecule has 0 amide bonds. The fourth-order valence-electron chi connectivity index (χ4n) is 1.72. The number of aliphatic hydroxyl groups excluding tert-OH is 1. The molecule has 1 heterocycles. The van der Waals surface area contributed by atoms with Gasteiger partial charge in [0.05, 0.1) is 12.2 Å². The molecule has 0 aliphatic carbocycles. The Labute approximate surface area is 134 Å². The third kappa shape index (κ3) is 3.98. The quantitative estimate of drug-likeness (QED) is 0.799. The number of esters is 1. The molecular weight excluding hydrogens is 322 g/mol. The lowest BCUT2D eigenvalue weighted by Gasteiger charge is -2.08. The van der Waals surface area contributed by atoms with Crippen LogP contribution in [-0.4, -0.2) is 37.9 Å². The van der Waals surface area contributed by atoms with Gasteiger partial charge in [-0.15, -0.1) is 0 Å². The zero-order chi connectivity index (χ0) is 17.0. The summed E-state index contributed by atoms with van der Waals surface area (Å²) in [7, 11) is -0.859. The molecule has 23 heavy (non-hydrogen) atoms. The highest BCUT2D eigenvalue weighted by atomic mass is 32.2. The van der Waals surface area contributed by atoms with E-state index >= 15 is 0 Å². The molecule has 1 aromatic carbocycles. The number of rotatable bonds is 6. The van der Waals surface area contributed by atoms with Crippen LogP contribution < -0.4 is 0 Å². The minimum Gasteiger partial charge on any atom is -0.454 e. The van der Waals surface area contributed by atoms with Gasteiger partial charge in [-0.25, -0.2) is 17.5 Å². The van der Waals surface area contributed by atoms with Crippen LogP contribution >= 0.6 is 0 Å². The predicted molar refractivity (Wildman–Crippen MR) is 81.1 cm³/mol. The highest BCUT2D eigenvalue weighted by molar-refractivity contribution is 7.88. The molecular formula is C15H17NO6S. The number of benzene rings is 1. The number of aliphatic hydroxyl groups is 1. The second-order valence-electron chi connectivity index (χ2n) is 4.94. The minimum absolute atomic E-state index is 0.106. The first-order valence-electron chi connectivity index (χ1n) is 6.73. The van der Waals surface area contributed by atoms with E-state index in [1.165, 1.54) is 38.4 Å². The van der Waals surface area contributed by atoms with E-state index in [9.17, 15) is 13.2 Å². The fraction of sp³-hybridized carbons (Fsp3) is 0.267. The van der Waals surface area contributed by atoms with Crippen molar-refractivity contribution in [2.45, 2.75) is 18.3 Å². The normalized spacial score (nSPS) is 11.7. The number of carbonyl (C=O) groups excluding carboxylic acids is 1. The first kappa shape index (κ1) is 17.2. The number of nitrogens with zero attached hydrogens (tertiary/aromatic N) is 1. The van der Waals surface area contributed by atoms with E-state index in [-0.39, 0.29) is 24.1 Å². The standard InChI is InChI=1S/C15H17NO6S/c1-16(2)23(19,20)14-8-7-13(22-14)10-21-15(18)12-5-3-11(9-17)4-6-12/h3-8,17H,9-10H2,1-2H3. The summed E-state index contributed by atoms with van der Waals surface area (Å²) in [6, 6.07) is 9.07. The predicted octanol–water partition coefficient (Wildman–Crippen LogP) is 1.38. The first-order chi connectivity index (χ1) is 10.8. The van der Waals surface area contributed by atoms with Crippen molar-refractivity contribution in [3.8, 4) is 0 Å². The molecule has 0 fully saturated rings. The summed E-state index contributed by atoms with van der Waals surface area (Å²) in [4.78, 5) is 11.9. The summed E-state index contributed by atoms with van der Waals surface area (Å²) in [5, 5.41) is 8.74. The van der Waals surface area contributed by atoms with E-state index in [0.29, 0.717) is 11.1 Å². The molecule has 0 atom stereocenters. The van der Waals surface area contributed by atoms with E-state index in [0.717, 1.165) is 4.31 Å². The van der Waals surface area contributed by atoms with Gasteiger partial charge in [-0.2, -0.15) is 0 Å². The molecule has 7 nitrogen and oxygen atoms in total. The van der Waals surface area contributed by atoms with Crippen LogP contribution in [0.15, 0.2) is 45.9 Å². The van der Waals surface area contributed by atoms with E-state index in [4.69, 9.17) is 14.3 Å². The second kappa shape index (κ2) is 6.95. The Morgan fingerprint density at radius 2 is 1.83 bits per heavy atom. The molecule has 0 aliphatic heterocycles. The average Bonchev–Trinajstić information content (AvgIpc) is 3.02. The topological polar surface area (TPSA) is 97.0 Å². The molecule has 1 N–H and O–H groups in total. The van der Waals surface area contributed by atoms with E-state index in [2.05, 4.69) is 0 Å². The lowest BCUT2D eigenvalue weighted by molar-refractivity contribution is 0.0440. The van der Waals surface area contributed by atoms with Crippen LogP contribution in [0.4, 0.5) is 0 Å². The van der Waals surface area contributed by atoms with Gasteiger partial charge in [0.15, 0.2) is 0 Å². The maximum atomic E-state index is 11.9. The molecule has 0 spiro atoms. The van der Waals surface area contributed by atoms with Crippen molar-refractivity contribution < 1.29 is 27.5 Å². The lowest BCUT2D eigenvalue weighted by Crippen LogP contribution is -2.21. The number of ether oxygens (including phenoxy) is 1. The molecule has 124 valence electrons. The Morgan fingerprint density at radius 3 is 2.39 bits per heavy atom. The highest BCUT2D eigenvalue weighted by Crippen LogP contribution is 2.18. The largest absolute Gasteiger partial charge is 0.454 e. The Kier molecular flexibility index (Phi) is 5.19. The molecule has 0 radical (unpaired) electrons. The Morgan fingerprint density at radius 1 is 1.17 bits per heavy atom. The summed E-state index contributed by atoms with van der Waals surface area (Å²) >= 11 is 0. The van der Waals surface area contributed by atoms with Gasteiger partial charge in [-0.1, -0.05) is 12.1 Å². The number of furan rings is 1. The average molecular weight is 339 g/mol. The van der Waals surface area contributed by atoms with Crippen LogP contribution in [0.5, 0.6) is 0 Å². The van der Waals surface area contributed by atoms with Crippen LogP contribution in [-0.2, 0) is 28.0 Å². The van der Waals surface area contributed by atoms with Crippen LogP contribution in [0.2, 0.25) is 0 Å². The summed E-state index contributed by atoms with van der Waals surface area (Å²) in [6.45, 7) is -0.283. The van der Waals surface area contributed by atoms with Gasteiger partial charge in [-0.05, 0) is 29.8 Å². The highest BCUT2D eigenvalue weighted by Gasteiger charge is 2.21. The zero-order valence-electron chi connectivity index (χ0n) is 12.7. The molecule has 8 heteroatoms. The van der Waals surface area contributed by atoms with Crippen LogP contribution in [0, 0.1) is 0 Å². The summed E-state index contributed by atoms with van der Waals surface area (Å²) in [6.07, 6.45) is 0. The third-order valence-electron chi connectivity index (χ3n) is 3.09. The Bertz CT molecular complexity index is 777. The van der Waals surface area contributed by atoms with Gasteiger partial charge in [-0.3, -0.25) is 0 Å². The van der Waals surface area contributed by atoms with Crippen molar-refractivity contribution in [2.75, 3.05) is 14.1 Å². The summed E-state index contributed by atoms with van der Waals surface area (Å²) < 4.78 is 35.0. The minimum atomic E-state index is -3.65. The third-order valence-corrected chi connectivity index (χ3v) is 4.78. The van der Waals surface area contributed by atoms with E-state index in [1.807, 2.05) is 0 Å². The van der Waals surface area contributed by atoms with Crippen LogP contribution in [0.25, 0.3) is 0 Å². The van der Waals surface area contributed by atoms with Gasteiger partial charge in [0.2, 0.25) is 5.09 Å². The van der Waals surface area contributed by atoms with Crippen molar-refractivity contribution in [1.82, 2.24) is 4.31 Å². The van der Waals surface area contributed by atoms with Crippen LogP contribution in [0.3, 0.4) is 0 Å². The van der Waals surface area contributed by atoms with Gasteiger partial charge in [0.25, 0.3) is 10.0 Å². The molecule has 0 unspecified atom stereocenters. The maximum Gasteiger partial charge on any atom is 0.338 e. The SMILES string of the molecule is CN(C)S(=O)(=O)c1ccc(COC(=O)c2ccc(CO)cc2)o1. The Balaban J connectivity index is 2.01. The van der Waals surface area contributed by atoms with Crippen LogP contribution in [0.1, 0.15) is 21.7 Å². The number of hydrogen-bond donors (Lipinski definition) is 1. The second-order valence-corrected chi connectivity index (χ2v) is 7.02. The Hall–Kier alpha value is -2.16. The number of hydrogen-bond acceptors (Lipinski definition) is 6.